The summed E-state index contributed by atoms with van der Waals surface area (Å²) in [5, 5.41) is 2.88. The third kappa shape index (κ3) is 3.32. The molecule has 1 aromatic carbocycles. The van der Waals surface area contributed by atoms with Gasteiger partial charge >= 0.3 is 11.8 Å². The van der Waals surface area contributed by atoms with Gasteiger partial charge in [0.15, 0.2) is 0 Å². The Morgan fingerprint density at radius 3 is 2.78 bits per heavy atom. The summed E-state index contributed by atoms with van der Waals surface area (Å²) < 4.78 is 5.53. The number of carbonyl (C=O) groups excluding carboxylic acids is 2. The Kier molecular flexibility index (Phi) is 4.52. The van der Waals surface area contributed by atoms with Crippen LogP contribution < -0.4 is 15.0 Å². The average molecular weight is 317 g/mol. The van der Waals surface area contributed by atoms with E-state index in [1.807, 2.05) is 18.2 Å². The Bertz CT molecular complexity index is 603. The van der Waals surface area contributed by atoms with Crippen LogP contribution in [-0.4, -0.2) is 55.0 Å². The van der Waals surface area contributed by atoms with Gasteiger partial charge in [-0.3, -0.25) is 19.4 Å². The Balaban J connectivity index is 1.64. The van der Waals surface area contributed by atoms with Crippen LogP contribution in [0.4, 0.5) is 5.69 Å². The molecule has 0 saturated carbocycles. The zero-order valence-corrected chi connectivity index (χ0v) is 13.6. The quantitative estimate of drug-likeness (QED) is 0.827. The first-order valence-corrected chi connectivity index (χ1v) is 8.14. The summed E-state index contributed by atoms with van der Waals surface area (Å²) in [7, 11) is 0. The molecule has 2 aliphatic rings. The van der Waals surface area contributed by atoms with Crippen LogP contribution in [0.15, 0.2) is 24.3 Å². The Hall–Kier alpha value is -2.08. The van der Waals surface area contributed by atoms with E-state index >= 15 is 0 Å². The molecule has 1 aromatic rings. The lowest BCUT2D eigenvalue weighted by Gasteiger charge is -2.29. The Morgan fingerprint density at radius 2 is 2.04 bits per heavy atom. The monoisotopic (exact) mass is 317 g/mol. The smallest absolute Gasteiger partial charge is 0.316 e. The summed E-state index contributed by atoms with van der Waals surface area (Å²) in [6.07, 6.45) is 0.886. The van der Waals surface area contributed by atoms with Crippen molar-refractivity contribution in [3.63, 3.8) is 0 Å². The number of hydrogen-bond acceptors (Lipinski definition) is 4. The molecule has 0 aliphatic carbocycles. The Labute approximate surface area is 136 Å². The van der Waals surface area contributed by atoms with Crippen molar-refractivity contribution in [1.82, 2.24) is 10.2 Å². The molecular weight excluding hydrogens is 294 g/mol. The fourth-order valence-corrected chi connectivity index (χ4v) is 3.12. The largest absolute Gasteiger partial charge is 0.490 e. The van der Waals surface area contributed by atoms with Gasteiger partial charge < -0.3 is 10.1 Å². The lowest BCUT2D eigenvalue weighted by atomic mass is 10.2. The molecule has 1 saturated heterocycles. The highest BCUT2D eigenvalue weighted by atomic mass is 16.5. The maximum atomic E-state index is 12.5. The predicted octanol–water partition coefficient (Wildman–Crippen LogP) is 1.01. The zero-order chi connectivity index (χ0) is 16.4. The van der Waals surface area contributed by atoms with E-state index < -0.39 is 11.8 Å². The van der Waals surface area contributed by atoms with Crippen molar-refractivity contribution in [2.75, 3.05) is 31.1 Å². The molecule has 2 heterocycles. The maximum absolute atomic E-state index is 12.5. The van der Waals surface area contributed by atoms with Crippen LogP contribution in [0.25, 0.3) is 0 Å². The molecule has 0 radical (unpaired) electrons. The van der Waals surface area contributed by atoms with E-state index in [0.717, 1.165) is 19.5 Å². The van der Waals surface area contributed by atoms with Gasteiger partial charge in [0.05, 0.1) is 12.2 Å². The van der Waals surface area contributed by atoms with Crippen LogP contribution in [0.5, 0.6) is 5.75 Å². The van der Waals surface area contributed by atoms with E-state index in [1.165, 1.54) is 4.90 Å². The topological polar surface area (TPSA) is 61.9 Å². The molecule has 3 rings (SSSR count). The molecule has 124 valence electrons. The molecule has 1 N–H and O–H groups in total. The van der Waals surface area contributed by atoms with Crippen molar-refractivity contribution >= 4 is 17.5 Å². The number of para-hydroxylation sites is 2. The summed E-state index contributed by atoms with van der Waals surface area (Å²) in [5.41, 5.74) is 0.661. The summed E-state index contributed by atoms with van der Waals surface area (Å²) in [6.45, 7) is 6.83. The van der Waals surface area contributed by atoms with Crippen LogP contribution in [-0.2, 0) is 9.59 Å². The van der Waals surface area contributed by atoms with Crippen molar-refractivity contribution < 1.29 is 14.3 Å². The predicted molar refractivity (Wildman–Crippen MR) is 87.5 cm³/mol. The third-order valence-corrected chi connectivity index (χ3v) is 4.45. The number of nitrogens with zero attached hydrogens (tertiary/aromatic N) is 2. The molecular formula is C17H23N3O3. The van der Waals surface area contributed by atoms with E-state index in [-0.39, 0.29) is 6.04 Å². The fraction of sp³-hybridized carbons (Fsp3) is 0.529. The minimum absolute atomic E-state index is 0.0464. The molecule has 6 heteroatoms. The van der Waals surface area contributed by atoms with Gasteiger partial charge in [0.1, 0.15) is 12.4 Å². The lowest BCUT2D eigenvalue weighted by molar-refractivity contribution is -0.138. The van der Waals surface area contributed by atoms with Crippen molar-refractivity contribution in [2.24, 2.45) is 0 Å². The van der Waals surface area contributed by atoms with Crippen LogP contribution in [0, 0.1) is 0 Å². The van der Waals surface area contributed by atoms with Crippen molar-refractivity contribution in [3.8, 4) is 5.75 Å². The first kappa shape index (κ1) is 15.8. The molecule has 1 fully saturated rings. The number of anilines is 1. The zero-order valence-electron chi connectivity index (χ0n) is 13.6. The highest BCUT2D eigenvalue weighted by Crippen LogP contribution is 2.30. The second-order valence-electron chi connectivity index (χ2n) is 6.32. The first-order chi connectivity index (χ1) is 11.1. The lowest BCUT2D eigenvalue weighted by Crippen LogP contribution is -2.49. The number of nitrogens with one attached hydrogen (secondary N) is 1. The van der Waals surface area contributed by atoms with Crippen LogP contribution in [0.1, 0.15) is 20.3 Å². The highest BCUT2D eigenvalue weighted by molar-refractivity contribution is 6.40. The molecule has 23 heavy (non-hydrogen) atoms. The second-order valence-corrected chi connectivity index (χ2v) is 6.32. The number of hydrogen-bond donors (Lipinski definition) is 1. The maximum Gasteiger partial charge on any atom is 0.316 e. The number of likely N-dealkylation sites (tertiary alicyclic amines) is 1. The minimum Gasteiger partial charge on any atom is -0.490 e. The van der Waals surface area contributed by atoms with E-state index in [1.54, 1.807) is 6.07 Å². The van der Waals surface area contributed by atoms with Crippen LogP contribution >= 0.6 is 0 Å². The van der Waals surface area contributed by atoms with E-state index in [9.17, 15) is 9.59 Å². The number of benzene rings is 1. The van der Waals surface area contributed by atoms with Crippen LogP contribution in [0.3, 0.4) is 0 Å². The van der Waals surface area contributed by atoms with E-state index in [0.29, 0.717) is 30.6 Å². The summed E-state index contributed by atoms with van der Waals surface area (Å²) in [6, 6.07) is 7.80. The van der Waals surface area contributed by atoms with Crippen molar-refractivity contribution in [3.05, 3.63) is 24.3 Å². The van der Waals surface area contributed by atoms with Gasteiger partial charge in [0.25, 0.3) is 0 Å². The molecule has 6 nitrogen and oxygen atoms in total. The molecule has 0 spiro atoms. The normalized spacial score (nSPS) is 21.0. The van der Waals surface area contributed by atoms with Crippen LogP contribution in [0.2, 0.25) is 0 Å². The summed E-state index contributed by atoms with van der Waals surface area (Å²) in [4.78, 5) is 28.6. The van der Waals surface area contributed by atoms with Crippen molar-refractivity contribution in [2.45, 2.75) is 32.4 Å². The number of carbonyl (C=O) groups is 2. The molecule has 2 amide bonds. The molecule has 1 unspecified atom stereocenters. The number of rotatable bonds is 2. The summed E-state index contributed by atoms with van der Waals surface area (Å²) >= 11 is 0. The van der Waals surface area contributed by atoms with E-state index in [4.69, 9.17) is 4.74 Å². The SMILES string of the molecule is CC(C)N1CCC(NC(=O)C(=O)N2CCOc3ccccc32)C1. The van der Waals surface area contributed by atoms with Gasteiger partial charge in [0.2, 0.25) is 0 Å². The van der Waals surface area contributed by atoms with Gasteiger partial charge in [-0.2, -0.15) is 0 Å². The third-order valence-electron chi connectivity index (χ3n) is 4.45. The molecule has 0 aromatic heterocycles. The molecule has 0 bridgehead atoms. The minimum atomic E-state index is -0.530. The van der Waals surface area contributed by atoms with E-state index in [2.05, 4.69) is 24.1 Å². The van der Waals surface area contributed by atoms with Crippen molar-refractivity contribution in [1.29, 1.82) is 0 Å². The van der Waals surface area contributed by atoms with Gasteiger partial charge in [-0.05, 0) is 32.4 Å². The Morgan fingerprint density at radius 1 is 1.26 bits per heavy atom. The standard InChI is InChI=1S/C17H23N3O3/c1-12(2)19-8-7-13(11-19)18-16(21)17(22)20-9-10-23-15-6-4-3-5-14(15)20/h3-6,12-13H,7-11H2,1-2H3,(H,18,21). The number of ether oxygens (including phenoxy) is 1. The average Bonchev–Trinajstić information content (AvgIpc) is 3.02. The first-order valence-electron chi connectivity index (χ1n) is 8.14. The number of fused-ring (bicyclic) bond motifs is 1. The molecule has 1 atom stereocenters. The molecule has 2 aliphatic heterocycles. The highest BCUT2D eigenvalue weighted by Gasteiger charge is 2.31. The second kappa shape index (κ2) is 6.58. The summed E-state index contributed by atoms with van der Waals surface area (Å²) in [5.74, 6) is -0.396. The van der Waals surface area contributed by atoms with Gasteiger partial charge in [-0.1, -0.05) is 12.1 Å². The van der Waals surface area contributed by atoms with Gasteiger partial charge in [-0.25, -0.2) is 0 Å². The van der Waals surface area contributed by atoms with Gasteiger partial charge in [-0.15, -0.1) is 0 Å². The fourth-order valence-electron chi connectivity index (χ4n) is 3.12. The van der Waals surface area contributed by atoms with Gasteiger partial charge in [0, 0.05) is 25.2 Å². The number of amides is 2.